The second-order valence-corrected chi connectivity index (χ2v) is 6.72. The molecule has 0 atom stereocenters. The maximum Gasteiger partial charge on any atom is 0.277 e. The Balaban J connectivity index is 1.81. The molecule has 1 N–H and O–H groups in total. The van der Waals surface area contributed by atoms with E-state index in [1.807, 2.05) is 36.4 Å². The molecule has 0 aliphatic carbocycles. The van der Waals surface area contributed by atoms with Gasteiger partial charge in [-0.15, -0.1) is 0 Å². The number of benzene rings is 2. The van der Waals surface area contributed by atoms with Crippen molar-refractivity contribution in [3.05, 3.63) is 75.6 Å². The fourth-order valence-corrected chi connectivity index (χ4v) is 3.36. The minimum atomic E-state index is -0.335. The summed E-state index contributed by atoms with van der Waals surface area (Å²) in [6.07, 6.45) is 0. The molecule has 0 saturated carbocycles. The summed E-state index contributed by atoms with van der Waals surface area (Å²) in [5.74, 6) is 1.36. The van der Waals surface area contributed by atoms with Crippen molar-refractivity contribution >= 4 is 17.5 Å². The lowest BCUT2D eigenvalue weighted by Gasteiger charge is -2.28. The number of ether oxygens (including phenoxy) is 1. The molecule has 1 aromatic heterocycles. The van der Waals surface area contributed by atoms with Gasteiger partial charge in [0, 0.05) is 16.1 Å². The Labute approximate surface area is 160 Å². The summed E-state index contributed by atoms with van der Waals surface area (Å²) in [7, 11) is 0. The lowest BCUT2D eigenvalue weighted by Crippen LogP contribution is -2.32. The molecule has 1 aliphatic heterocycles. The Morgan fingerprint density at radius 1 is 1.19 bits per heavy atom. The molecule has 2 aromatic carbocycles. The molecule has 7 heteroatoms. The van der Waals surface area contributed by atoms with Crippen molar-refractivity contribution in [2.75, 3.05) is 0 Å². The highest BCUT2D eigenvalue weighted by molar-refractivity contribution is 6.31. The van der Waals surface area contributed by atoms with Gasteiger partial charge in [0.15, 0.2) is 5.69 Å². The van der Waals surface area contributed by atoms with E-state index in [1.54, 1.807) is 17.9 Å². The predicted molar refractivity (Wildman–Crippen MR) is 98.7 cm³/mol. The second kappa shape index (κ2) is 7.06. The second-order valence-electron chi connectivity index (χ2n) is 6.31. The highest BCUT2D eigenvalue weighted by Gasteiger charge is 2.28. The number of hydrogen-bond acceptors (Lipinski definition) is 5. The van der Waals surface area contributed by atoms with Gasteiger partial charge in [0.05, 0.1) is 25.3 Å². The minimum Gasteiger partial charge on any atom is -0.457 e. The Morgan fingerprint density at radius 2 is 1.96 bits per heavy atom. The Morgan fingerprint density at radius 3 is 2.78 bits per heavy atom. The number of aliphatic hydroxyl groups is 1. The number of carbonyl (C=O) groups is 1. The number of hydrogen-bond donors (Lipinski definition) is 1. The monoisotopic (exact) mass is 384 g/mol. The van der Waals surface area contributed by atoms with E-state index in [0.29, 0.717) is 40.0 Å². The number of halogens is 1. The topological polar surface area (TPSA) is 75.8 Å². The van der Waals surface area contributed by atoms with Crippen molar-refractivity contribution in [1.29, 1.82) is 0 Å². The molecule has 0 unspecified atom stereocenters. The van der Waals surface area contributed by atoms with Crippen LogP contribution in [0.5, 0.6) is 11.5 Å². The van der Waals surface area contributed by atoms with Crippen LogP contribution < -0.4 is 4.74 Å². The van der Waals surface area contributed by atoms with Crippen LogP contribution in [0.3, 0.4) is 0 Å². The van der Waals surface area contributed by atoms with Gasteiger partial charge in [-0.3, -0.25) is 4.79 Å². The van der Waals surface area contributed by atoms with Gasteiger partial charge in [0.1, 0.15) is 17.3 Å². The van der Waals surface area contributed by atoms with Crippen LogP contribution in [0.1, 0.15) is 32.9 Å². The number of fused-ring (bicyclic) bond motifs is 2. The summed E-state index contributed by atoms with van der Waals surface area (Å²) in [6, 6.07) is 12.9. The van der Waals surface area contributed by atoms with Crippen molar-refractivity contribution in [1.82, 2.24) is 10.1 Å². The number of aliphatic hydroxyl groups excluding tert-OH is 1. The van der Waals surface area contributed by atoms with Gasteiger partial charge in [0.25, 0.3) is 5.91 Å². The summed E-state index contributed by atoms with van der Waals surface area (Å²) < 4.78 is 11.2. The number of carbonyl (C=O) groups excluding carboxylic acids is 1. The van der Waals surface area contributed by atoms with E-state index in [2.05, 4.69) is 5.16 Å². The van der Waals surface area contributed by atoms with E-state index in [0.717, 1.165) is 5.56 Å². The summed E-state index contributed by atoms with van der Waals surface area (Å²) in [6.45, 7) is 1.91. The standard InChI is InChI=1S/C20H17ClN2O4/c1-12-15(11-24)19(22-27-12)20(25)23-9-13-5-2-3-7-17(13)26-18-8-4-6-16(21)14(18)10-23/h2-8,24H,9-11H2,1H3. The molecule has 0 fully saturated rings. The van der Waals surface area contributed by atoms with Crippen LogP contribution in [0, 0.1) is 6.92 Å². The molecule has 138 valence electrons. The Bertz CT molecular complexity index is 1010. The fraction of sp³-hybridized carbons (Fsp3) is 0.200. The van der Waals surface area contributed by atoms with E-state index < -0.39 is 0 Å². The van der Waals surface area contributed by atoms with Crippen molar-refractivity contribution in [2.45, 2.75) is 26.6 Å². The average molecular weight is 385 g/mol. The number of aromatic nitrogens is 1. The molecule has 0 bridgehead atoms. The van der Waals surface area contributed by atoms with Gasteiger partial charge >= 0.3 is 0 Å². The number of para-hydroxylation sites is 1. The third-order valence-electron chi connectivity index (χ3n) is 4.61. The third kappa shape index (κ3) is 3.18. The van der Waals surface area contributed by atoms with E-state index in [1.165, 1.54) is 0 Å². The van der Waals surface area contributed by atoms with Crippen molar-refractivity contribution in [2.24, 2.45) is 0 Å². The first-order valence-electron chi connectivity index (χ1n) is 8.47. The highest BCUT2D eigenvalue weighted by atomic mass is 35.5. The van der Waals surface area contributed by atoms with Crippen LogP contribution in [-0.4, -0.2) is 21.1 Å². The number of aryl methyl sites for hydroxylation is 1. The molecule has 2 heterocycles. The van der Waals surface area contributed by atoms with E-state index >= 15 is 0 Å². The zero-order chi connectivity index (χ0) is 19.0. The van der Waals surface area contributed by atoms with Gasteiger partial charge in [-0.1, -0.05) is 41.0 Å². The van der Waals surface area contributed by atoms with Crippen LogP contribution in [0.25, 0.3) is 0 Å². The van der Waals surface area contributed by atoms with Crippen LogP contribution in [0.15, 0.2) is 47.0 Å². The van der Waals surface area contributed by atoms with Crippen LogP contribution >= 0.6 is 11.6 Å². The maximum atomic E-state index is 13.2. The smallest absolute Gasteiger partial charge is 0.277 e. The normalized spacial score (nSPS) is 13.2. The van der Waals surface area contributed by atoms with Gasteiger partial charge in [-0.25, -0.2) is 0 Å². The molecule has 4 rings (SSSR count). The largest absolute Gasteiger partial charge is 0.457 e. The minimum absolute atomic E-state index is 0.113. The highest BCUT2D eigenvalue weighted by Crippen LogP contribution is 2.36. The molecule has 0 spiro atoms. The van der Waals surface area contributed by atoms with Crippen LogP contribution in [0.4, 0.5) is 0 Å². The number of nitrogens with zero attached hydrogens (tertiary/aromatic N) is 2. The third-order valence-corrected chi connectivity index (χ3v) is 4.97. The number of rotatable bonds is 2. The number of amides is 1. The molecule has 1 amide bonds. The van der Waals surface area contributed by atoms with Gasteiger partial charge in [-0.2, -0.15) is 0 Å². The fourth-order valence-electron chi connectivity index (χ4n) is 3.13. The van der Waals surface area contributed by atoms with Crippen molar-refractivity contribution < 1.29 is 19.2 Å². The first-order chi connectivity index (χ1) is 13.1. The lowest BCUT2D eigenvalue weighted by atomic mass is 10.1. The predicted octanol–water partition coefficient (Wildman–Crippen LogP) is 4.08. The summed E-state index contributed by atoms with van der Waals surface area (Å²) in [4.78, 5) is 14.8. The first-order valence-corrected chi connectivity index (χ1v) is 8.84. The van der Waals surface area contributed by atoms with Gasteiger partial charge in [-0.05, 0) is 25.1 Å². The van der Waals surface area contributed by atoms with Crippen LogP contribution in [-0.2, 0) is 19.7 Å². The SMILES string of the molecule is Cc1onc(C(=O)N2Cc3ccccc3Oc3cccc(Cl)c3C2)c1CO. The van der Waals surface area contributed by atoms with Crippen LogP contribution in [0.2, 0.25) is 5.02 Å². The van der Waals surface area contributed by atoms with E-state index in [-0.39, 0.29) is 24.8 Å². The van der Waals surface area contributed by atoms with Crippen molar-refractivity contribution in [3.8, 4) is 11.5 Å². The quantitative estimate of drug-likeness (QED) is 0.720. The summed E-state index contributed by atoms with van der Waals surface area (Å²) in [5, 5.41) is 14.0. The van der Waals surface area contributed by atoms with E-state index in [9.17, 15) is 9.90 Å². The lowest BCUT2D eigenvalue weighted by molar-refractivity contribution is 0.0711. The van der Waals surface area contributed by atoms with Gasteiger partial charge < -0.3 is 19.3 Å². The maximum absolute atomic E-state index is 13.2. The molecule has 3 aromatic rings. The zero-order valence-corrected chi connectivity index (χ0v) is 15.4. The molecule has 0 radical (unpaired) electrons. The summed E-state index contributed by atoms with van der Waals surface area (Å²) >= 11 is 6.38. The molecule has 0 saturated heterocycles. The van der Waals surface area contributed by atoms with Gasteiger partial charge in [0.2, 0.25) is 0 Å². The molecule has 1 aliphatic rings. The average Bonchev–Trinajstić information content (AvgIpc) is 3.02. The molecule has 6 nitrogen and oxygen atoms in total. The molecular weight excluding hydrogens is 368 g/mol. The Kier molecular flexibility index (Phi) is 4.59. The molecular formula is C20H17ClN2O4. The van der Waals surface area contributed by atoms with Crippen molar-refractivity contribution in [3.63, 3.8) is 0 Å². The summed E-state index contributed by atoms with van der Waals surface area (Å²) in [5.41, 5.74) is 2.09. The first kappa shape index (κ1) is 17.6. The zero-order valence-electron chi connectivity index (χ0n) is 14.6. The molecule has 27 heavy (non-hydrogen) atoms. The Hall–Kier alpha value is -2.83. The van der Waals surface area contributed by atoms with E-state index in [4.69, 9.17) is 20.9 Å².